The Balaban J connectivity index is 2.90. The van der Waals surface area contributed by atoms with Crippen molar-refractivity contribution in [2.24, 2.45) is 0 Å². The van der Waals surface area contributed by atoms with Gasteiger partial charge in [0.15, 0.2) is 11.8 Å². The summed E-state index contributed by atoms with van der Waals surface area (Å²) in [5.74, 6) is 0. The molecule has 0 N–H and O–H groups in total. The lowest BCUT2D eigenvalue weighted by atomic mass is 10.2. The van der Waals surface area contributed by atoms with Crippen LogP contribution in [0, 0.1) is 5.21 Å². The van der Waals surface area contributed by atoms with E-state index in [4.69, 9.17) is 0 Å². The summed E-state index contributed by atoms with van der Waals surface area (Å²) in [6.07, 6.45) is 1.61. The molecule has 0 atom stereocenters. The van der Waals surface area contributed by atoms with Crippen molar-refractivity contribution in [2.45, 2.75) is 26.3 Å². The average molecular weight is 178 g/mol. The van der Waals surface area contributed by atoms with Gasteiger partial charge in [-0.1, -0.05) is 18.2 Å². The summed E-state index contributed by atoms with van der Waals surface area (Å²) < 4.78 is 0.975. The van der Waals surface area contributed by atoms with Crippen molar-refractivity contribution in [1.29, 1.82) is 0 Å². The quantitative estimate of drug-likeness (QED) is 0.213. The smallest absolute Gasteiger partial charge is 0.182 e. The Morgan fingerprint density at radius 1 is 1.15 bits per heavy atom. The first kappa shape index (κ1) is 9.78. The van der Waals surface area contributed by atoms with Crippen molar-refractivity contribution in [2.75, 3.05) is 0 Å². The molecule has 1 aromatic carbocycles. The summed E-state index contributed by atoms with van der Waals surface area (Å²) in [7, 11) is 0. The highest BCUT2D eigenvalue weighted by Gasteiger charge is 2.17. The summed E-state index contributed by atoms with van der Waals surface area (Å²) in [6.45, 7) is 5.66. The molecule has 0 fully saturated rings. The molecule has 0 bridgehead atoms. The maximum absolute atomic E-state index is 11.5. The average Bonchev–Trinajstić information content (AvgIpc) is 2.04. The molecule has 2 heteroatoms. The molecule has 0 aliphatic rings. The van der Waals surface area contributed by atoms with Crippen LogP contribution in [0.4, 0.5) is 0 Å². The molecular formula is C11H15NO. The van der Waals surface area contributed by atoms with Gasteiger partial charge >= 0.3 is 0 Å². The van der Waals surface area contributed by atoms with E-state index in [0.29, 0.717) is 0 Å². The molecule has 0 aromatic heterocycles. The monoisotopic (exact) mass is 178 g/mol. The summed E-state index contributed by atoms with van der Waals surface area (Å²) in [4.78, 5) is 0. The van der Waals surface area contributed by atoms with Gasteiger partial charge in [0.1, 0.15) is 0 Å². The molecular weight excluding hydrogens is 163 g/mol. The molecule has 0 heterocycles. The minimum absolute atomic E-state index is 0.365. The second kappa shape index (κ2) is 3.60. The summed E-state index contributed by atoms with van der Waals surface area (Å²) in [6, 6.07) is 9.60. The molecule has 0 spiro atoms. The molecule has 70 valence electrons. The predicted molar refractivity (Wildman–Crippen MR) is 55.0 cm³/mol. The SMILES string of the molecule is C[13C](C)(C)/[N+]([O-])=C/c1ccccc1. The van der Waals surface area contributed by atoms with E-state index in [0.717, 1.165) is 10.3 Å². The van der Waals surface area contributed by atoms with E-state index in [9.17, 15) is 5.21 Å². The molecule has 0 radical (unpaired) electrons. The summed E-state index contributed by atoms with van der Waals surface area (Å²) in [5.41, 5.74) is 0.572. The van der Waals surface area contributed by atoms with Crippen LogP contribution in [-0.4, -0.2) is 16.5 Å². The van der Waals surface area contributed by atoms with Crippen LogP contribution in [0.25, 0.3) is 0 Å². The molecule has 0 saturated carbocycles. The lowest BCUT2D eigenvalue weighted by Crippen LogP contribution is -2.29. The standard InChI is InChI=1S/C11H15NO/c1-11(2,3)12(13)9-10-7-5-4-6-8-10/h4-9H,1-3H3/b12-9-/i11+1. The molecule has 1 rings (SSSR count). The van der Waals surface area contributed by atoms with E-state index in [1.807, 2.05) is 51.1 Å². The fourth-order valence-electron chi connectivity index (χ4n) is 0.868. The van der Waals surface area contributed by atoms with Gasteiger partial charge in [-0.3, -0.25) is 0 Å². The van der Waals surface area contributed by atoms with Gasteiger partial charge < -0.3 is 5.21 Å². The van der Waals surface area contributed by atoms with E-state index >= 15 is 0 Å². The molecule has 0 amide bonds. The number of benzene rings is 1. The van der Waals surface area contributed by atoms with Gasteiger partial charge in [-0.25, -0.2) is 4.74 Å². The molecule has 0 unspecified atom stereocenters. The minimum Gasteiger partial charge on any atom is -0.623 e. The van der Waals surface area contributed by atoms with Crippen LogP contribution in [0.2, 0.25) is 0 Å². The first-order chi connectivity index (χ1) is 6.00. The van der Waals surface area contributed by atoms with E-state index in [1.165, 1.54) is 0 Å². The first-order valence-electron chi connectivity index (χ1n) is 4.36. The number of hydrogen-bond donors (Lipinski definition) is 0. The fourth-order valence-corrected chi connectivity index (χ4v) is 0.868. The summed E-state index contributed by atoms with van der Waals surface area (Å²) in [5, 5.41) is 11.5. The van der Waals surface area contributed by atoms with Crippen molar-refractivity contribution in [1.82, 2.24) is 0 Å². The van der Waals surface area contributed by atoms with E-state index in [2.05, 4.69) is 0 Å². The highest BCUT2D eigenvalue weighted by molar-refractivity contribution is 5.75. The largest absolute Gasteiger partial charge is 0.623 e. The second-order valence-electron chi connectivity index (χ2n) is 4.04. The Bertz CT molecular complexity index is 296. The van der Waals surface area contributed by atoms with Crippen molar-refractivity contribution < 1.29 is 4.74 Å². The maximum Gasteiger partial charge on any atom is 0.182 e. The fraction of sp³-hybridized carbons (Fsp3) is 0.364. The van der Waals surface area contributed by atoms with E-state index < -0.39 is 0 Å². The molecule has 0 aliphatic heterocycles. The third kappa shape index (κ3) is 2.90. The van der Waals surface area contributed by atoms with Gasteiger partial charge in [0.2, 0.25) is 0 Å². The Morgan fingerprint density at radius 2 is 1.69 bits per heavy atom. The van der Waals surface area contributed by atoms with Gasteiger partial charge in [-0.2, -0.15) is 0 Å². The molecule has 0 saturated heterocycles. The highest BCUT2D eigenvalue weighted by Crippen LogP contribution is 2.05. The number of hydrogen-bond acceptors (Lipinski definition) is 1. The number of rotatable bonds is 1. The second-order valence-corrected chi connectivity index (χ2v) is 4.04. The van der Waals surface area contributed by atoms with Crippen molar-refractivity contribution in [3.05, 3.63) is 41.1 Å². The Hall–Kier alpha value is -1.31. The van der Waals surface area contributed by atoms with E-state index in [-0.39, 0.29) is 5.54 Å². The van der Waals surface area contributed by atoms with Crippen LogP contribution < -0.4 is 0 Å². The zero-order valence-electron chi connectivity index (χ0n) is 8.32. The Kier molecular flexibility index (Phi) is 2.71. The number of nitrogens with zero attached hydrogens (tertiary/aromatic N) is 1. The third-order valence-electron chi connectivity index (χ3n) is 1.73. The molecule has 2 nitrogen and oxygen atoms in total. The predicted octanol–water partition coefficient (Wildman–Crippen LogP) is 2.41. The molecule has 13 heavy (non-hydrogen) atoms. The minimum atomic E-state index is -0.365. The maximum atomic E-state index is 11.5. The van der Waals surface area contributed by atoms with E-state index in [1.54, 1.807) is 6.21 Å². The van der Waals surface area contributed by atoms with Crippen LogP contribution in [0.1, 0.15) is 26.3 Å². The number of hydroxylamine groups is 1. The van der Waals surface area contributed by atoms with Crippen molar-refractivity contribution >= 4 is 6.21 Å². The van der Waals surface area contributed by atoms with Gasteiger partial charge in [-0.05, 0) is 12.1 Å². The lowest BCUT2D eigenvalue weighted by Gasteiger charge is -2.18. The topological polar surface area (TPSA) is 26.1 Å². The Morgan fingerprint density at radius 3 is 2.15 bits per heavy atom. The molecule has 1 aromatic rings. The van der Waals surface area contributed by atoms with Gasteiger partial charge in [0.25, 0.3) is 0 Å². The van der Waals surface area contributed by atoms with Gasteiger partial charge in [0.05, 0.1) is 0 Å². The van der Waals surface area contributed by atoms with Gasteiger partial charge in [0, 0.05) is 26.3 Å². The van der Waals surface area contributed by atoms with Crippen LogP contribution in [-0.2, 0) is 0 Å². The zero-order valence-corrected chi connectivity index (χ0v) is 8.32. The highest BCUT2D eigenvalue weighted by atomic mass is 16.5. The summed E-state index contributed by atoms with van der Waals surface area (Å²) >= 11 is 0. The third-order valence-corrected chi connectivity index (χ3v) is 1.73. The van der Waals surface area contributed by atoms with Crippen molar-refractivity contribution in [3.8, 4) is 0 Å². The van der Waals surface area contributed by atoms with Gasteiger partial charge in [-0.15, -0.1) is 0 Å². The van der Waals surface area contributed by atoms with Crippen LogP contribution in [0.5, 0.6) is 0 Å². The zero-order chi connectivity index (χ0) is 9.90. The normalized spacial score (nSPS) is 13.0. The lowest BCUT2D eigenvalue weighted by molar-refractivity contribution is -0.530. The van der Waals surface area contributed by atoms with Crippen LogP contribution in [0.15, 0.2) is 30.3 Å². The molecule has 0 aliphatic carbocycles. The van der Waals surface area contributed by atoms with Crippen molar-refractivity contribution in [3.63, 3.8) is 0 Å². The first-order valence-corrected chi connectivity index (χ1v) is 4.36. The van der Waals surface area contributed by atoms with Crippen LogP contribution in [0.3, 0.4) is 0 Å². The Labute approximate surface area is 79.1 Å². The van der Waals surface area contributed by atoms with Crippen LogP contribution >= 0.6 is 0 Å².